The number of amides is 1. The van der Waals surface area contributed by atoms with Gasteiger partial charge in [0.25, 0.3) is 0 Å². The second kappa shape index (κ2) is 14.6. The summed E-state index contributed by atoms with van der Waals surface area (Å²) in [6.45, 7) is 10.0. The Morgan fingerprint density at radius 3 is 2.42 bits per heavy atom. The Kier molecular flexibility index (Phi) is 10.4. The molecule has 0 saturated carbocycles. The molecule has 2 heterocycles. The van der Waals surface area contributed by atoms with Crippen molar-refractivity contribution >= 4 is 6.09 Å². The molecule has 0 bridgehead atoms. The van der Waals surface area contributed by atoms with Gasteiger partial charge < -0.3 is 33.3 Å². The SMILES string of the molecule is CC(C)(C)OC(=O)N1CCC(c2ccc(OCCCOCc3ccccc3)cc2)C(OCc2ccc3c(c2)OCCO3)C1. The van der Waals surface area contributed by atoms with E-state index in [1.165, 1.54) is 5.56 Å². The lowest BCUT2D eigenvalue weighted by Crippen LogP contribution is -2.48. The first-order chi connectivity index (χ1) is 20.8. The van der Waals surface area contributed by atoms with Crippen LogP contribution in [0.5, 0.6) is 17.2 Å². The van der Waals surface area contributed by atoms with Crippen LogP contribution in [-0.4, -0.2) is 62.2 Å². The molecule has 2 unspecified atom stereocenters. The molecular formula is C35H43NO7. The molecule has 230 valence electrons. The number of ether oxygens (including phenoxy) is 6. The molecule has 1 fully saturated rings. The Balaban J connectivity index is 1.17. The number of fused-ring (bicyclic) bond motifs is 1. The molecule has 5 rings (SSSR count). The fraction of sp³-hybridized carbons (Fsp3) is 0.457. The molecule has 0 N–H and O–H groups in total. The Morgan fingerprint density at radius 2 is 1.65 bits per heavy atom. The molecule has 2 atom stereocenters. The van der Waals surface area contributed by atoms with Gasteiger partial charge in [0.15, 0.2) is 11.5 Å². The molecule has 43 heavy (non-hydrogen) atoms. The Hall–Kier alpha value is -3.75. The van der Waals surface area contributed by atoms with Crippen molar-refractivity contribution in [1.82, 2.24) is 4.90 Å². The van der Waals surface area contributed by atoms with Gasteiger partial charge in [0, 0.05) is 18.9 Å². The molecule has 0 spiro atoms. The summed E-state index contributed by atoms with van der Waals surface area (Å²) in [6.07, 6.45) is 1.07. The van der Waals surface area contributed by atoms with Gasteiger partial charge in [-0.1, -0.05) is 48.5 Å². The first-order valence-electron chi connectivity index (χ1n) is 15.2. The highest BCUT2D eigenvalue weighted by Gasteiger charge is 2.35. The number of carbonyl (C=O) groups is 1. The number of likely N-dealkylation sites (tertiary alicyclic amines) is 1. The molecule has 2 aliphatic rings. The lowest BCUT2D eigenvalue weighted by molar-refractivity contribution is -0.0360. The van der Waals surface area contributed by atoms with Crippen molar-refractivity contribution in [2.75, 3.05) is 39.5 Å². The third-order valence-electron chi connectivity index (χ3n) is 7.40. The second-order valence-electron chi connectivity index (χ2n) is 12.0. The van der Waals surface area contributed by atoms with Gasteiger partial charge in [-0.3, -0.25) is 0 Å². The van der Waals surface area contributed by atoms with E-state index in [0.29, 0.717) is 52.7 Å². The average molecular weight is 590 g/mol. The van der Waals surface area contributed by atoms with Crippen LogP contribution in [0.1, 0.15) is 56.2 Å². The average Bonchev–Trinajstić information content (AvgIpc) is 3.01. The highest BCUT2D eigenvalue weighted by Crippen LogP contribution is 2.34. The van der Waals surface area contributed by atoms with E-state index < -0.39 is 5.60 Å². The minimum Gasteiger partial charge on any atom is -0.494 e. The number of carbonyl (C=O) groups excluding carboxylic acids is 1. The van der Waals surface area contributed by atoms with Crippen LogP contribution in [0.3, 0.4) is 0 Å². The van der Waals surface area contributed by atoms with Crippen molar-refractivity contribution in [3.8, 4) is 17.2 Å². The first kappa shape index (κ1) is 30.7. The Labute approximate surface area is 254 Å². The van der Waals surface area contributed by atoms with Gasteiger partial charge in [-0.25, -0.2) is 4.79 Å². The summed E-state index contributed by atoms with van der Waals surface area (Å²) < 4.78 is 35.3. The summed E-state index contributed by atoms with van der Waals surface area (Å²) in [5.74, 6) is 2.44. The minimum absolute atomic E-state index is 0.122. The summed E-state index contributed by atoms with van der Waals surface area (Å²) in [6, 6.07) is 24.3. The van der Waals surface area contributed by atoms with Gasteiger partial charge in [-0.05, 0) is 68.1 Å². The van der Waals surface area contributed by atoms with Gasteiger partial charge >= 0.3 is 6.09 Å². The normalized spacial score (nSPS) is 18.3. The molecule has 3 aromatic carbocycles. The highest BCUT2D eigenvalue weighted by atomic mass is 16.6. The summed E-state index contributed by atoms with van der Waals surface area (Å²) >= 11 is 0. The summed E-state index contributed by atoms with van der Waals surface area (Å²) in [7, 11) is 0. The number of benzene rings is 3. The topological polar surface area (TPSA) is 75.7 Å². The molecule has 0 aromatic heterocycles. The van der Waals surface area contributed by atoms with E-state index in [1.807, 2.05) is 69.3 Å². The second-order valence-corrected chi connectivity index (χ2v) is 12.0. The molecule has 2 aliphatic heterocycles. The zero-order chi connectivity index (χ0) is 30.1. The Bertz CT molecular complexity index is 1310. The van der Waals surface area contributed by atoms with Crippen molar-refractivity contribution in [3.63, 3.8) is 0 Å². The maximum atomic E-state index is 12.9. The van der Waals surface area contributed by atoms with Crippen LogP contribution in [0, 0.1) is 0 Å². The van der Waals surface area contributed by atoms with Crippen molar-refractivity contribution in [1.29, 1.82) is 0 Å². The van der Waals surface area contributed by atoms with E-state index in [9.17, 15) is 4.79 Å². The molecule has 0 radical (unpaired) electrons. The van der Waals surface area contributed by atoms with Crippen molar-refractivity contribution in [2.45, 2.75) is 64.4 Å². The van der Waals surface area contributed by atoms with Crippen LogP contribution in [0.4, 0.5) is 4.79 Å². The molecule has 8 heteroatoms. The maximum absolute atomic E-state index is 12.9. The standard InChI is InChI=1S/C35H43NO7/c1-35(2,3)43-34(37)36-17-16-30(33(23-36)42-25-27-10-15-31-32(22-27)41-21-20-40-31)28-11-13-29(14-12-28)39-19-7-18-38-24-26-8-5-4-6-9-26/h4-6,8-15,22,30,33H,7,16-21,23-25H2,1-3H3. The summed E-state index contributed by atoms with van der Waals surface area (Å²) in [4.78, 5) is 14.7. The predicted octanol–water partition coefficient (Wildman–Crippen LogP) is 6.75. The van der Waals surface area contributed by atoms with E-state index in [0.717, 1.165) is 41.2 Å². The zero-order valence-electron chi connectivity index (χ0n) is 25.5. The van der Waals surface area contributed by atoms with Crippen molar-refractivity contribution < 1.29 is 33.2 Å². The largest absolute Gasteiger partial charge is 0.494 e. The van der Waals surface area contributed by atoms with Crippen molar-refractivity contribution in [2.24, 2.45) is 0 Å². The first-order valence-corrected chi connectivity index (χ1v) is 15.2. The fourth-order valence-corrected chi connectivity index (χ4v) is 5.27. The van der Waals surface area contributed by atoms with E-state index in [2.05, 4.69) is 24.3 Å². The summed E-state index contributed by atoms with van der Waals surface area (Å²) in [5, 5.41) is 0. The monoisotopic (exact) mass is 589 g/mol. The molecule has 1 amide bonds. The van der Waals surface area contributed by atoms with E-state index >= 15 is 0 Å². The number of rotatable bonds is 11. The van der Waals surface area contributed by atoms with E-state index in [-0.39, 0.29) is 18.1 Å². The van der Waals surface area contributed by atoms with Gasteiger partial charge in [-0.2, -0.15) is 0 Å². The lowest BCUT2D eigenvalue weighted by Gasteiger charge is -2.39. The lowest BCUT2D eigenvalue weighted by atomic mass is 9.87. The third kappa shape index (κ3) is 9.12. The fourth-order valence-electron chi connectivity index (χ4n) is 5.27. The van der Waals surface area contributed by atoms with Crippen LogP contribution < -0.4 is 14.2 Å². The van der Waals surface area contributed by atoms with Crippen molar-refractivity contribution in [3.05, 3.63) is 89.5 Å². The predicted molar refractivity (Wildman–Crippen MR) is 164 cm³/mol. The van der Waals surface area contributed by atoms with Crippen LogP contribution in [0.2, 0.25) is 0 Å². The molecule has 8 nitrogen and oxygen atoms in total. The van der Waals surface area contributed by atoms with Crippen LogP contribution in [-0.2, 0) is 27.4 Å². The van der Waals surface area contributed by atoms with Gasteiger partial charge in [0.2, 0.25) is 0 Å². The molecule has 0 aliphatic carbocycles. The highest BCUT2D eigenvalue weighted by molar-refractivity contribution is 5.68. The third-order valence-corrected chi connectivity index (χ3v) is 7.40. The zero-order valence-corrected chi connectivity index (χ0v) is 25.5. The van der Waals surface area contributed by atoms with Crippen LogP contribution >= 0.6 is 0 Å². The number of nitrogens with zero attached hydrogens (tertiary/aromatic N) is 1. The Morgan fingerprint density at radius 1 is 0.884 bits per heavy atom. The van der Waals surface area contributed by atoms with E-state index in [4.69, 9.17) is 28.4 Å². The maximum Gasteiger partial charge on any atom is 0.410 e. The van der Waals surface area contributed by atoms with Crippen LogP contribution in [0.25, 0.3) is 0 Å². The minimum atomic E-state index is -0.556. The van der Waals surface area contributed by atoms with E-state index in [1.54, 1.807) is 4.90 Å². The number of hydrogen-bond donors (Lipinski definition) is 0. The van der Waals surface area contributed by atoms with Gasteiger partial charge in [0.1, 0.15) is 24.6 Å². The van der Waals surface area contributed by atoms with Crippen LogP contribution in [0.15, 0.2) is 72.8 Å². The molecular weight excluding hydrogens is 546 g/mol. The number of piperidine rings is 1. The smallest absolute Gasteiger partial charge is 0.410 e. The van der Waals surface area contributed by atoms with Gasteiger partial charge in [-0.15, -0.1) is 0 Å². The van der Waals surface area contributed by atoms with Gasteiger partial charge in [0.05, 0.1) is 39.1 Å². The molecule has 1 saturated heterocycles. The quantitative estimate of drug-likeness (QED) is 0.229. The molecule has 3 aromatic rings. The number of hydrogen-bond acceptors (Lipinski definition) is 7. The summed E-state index contributed by atoms with van der Waals surface area (Å²) in [5.41, 5.74) is 2.77.